The van der Waals surface area contributed by atoms with Crippen LogP contribution >= 0.6 is 0 Å². The largest absolute Gasteiger partial charge is 0.478 e. The highest BCUT2D eigenvalue weighted by molar-refractivity contribution is 6.07. The van der Waals surface area contributed by atoms with E-state index < -0.39 is 86.6 Å². The summed E-state index contributed by atoms with van der Waals surface area (Å²) in [6.07, 6.45) is -10.1. The van der Waals surface area contributed by atoms with E-state index in [9.17, 15) is 55.7 Å². The summed E-state index contributed by atoms with van der Waals surface area (Å²) in [6.45, 7) is 5.27. The molecule has 1 unspecified atom stereocenters. The second kappa shape index (κ2) is 13.3. The van der Waals surface area contributed by atoms with Crippen LogP contribution in [-0.4, -0.2) is 39.9 Å². The summed E-state index contributed by atoms with van der Waals surface area (Å²) in [5.41, 5.74) is -6.08. The summed E-state index contributed by atoms with van der Waals surface area (Å²) in [7, 11) is 0. The molecule has 4 aromatic rings. The lowest BCUT2D eigenvalue weighted by Gasteiger charge is -2.34. The monoisotopic (exact) mass is 684 g/mol. The van der Waals surface area contributed by atoms with Crippen LogP contribution in [0.5, 0.6) is 0 Å². The van der Waals surface area contributed by atoms with E-state index in [1.807, 2.05) is 6.92 Å². The fraction of sp³-hybridized carbons (Fsp3) is 0.243. The number of carbonyl (C=O) groups excluding carboxylic acids is 2. The molecule has 0 spiro atoms. The van der Waals surface area contributed by atoms with Crippen molar-refractivity contribution < 1.29 is 55.7 Å². The van der Waals surface area contributed by atoms with Gasteiger partial charge in [-0.2, -0.15) is 26.3 Å². The first kappa shape index (κ1) is 36.6. The van der Waals surface area contributed by atoms with Gasteiger partial charge in [-0.05, 0) is 96.5 Å². The van der Waals surface area contributed by atoms with E-state index in [0.717, 1.165) is 61.9 Å². The lowest BCUT2D eigenvalue weighted by atomic mass is 9.73. The molecule has 0 aliphatic heterocycles. The Morgan fingerprint density at radius 1 is 0.653 bits per heavy atom. The van der Waals surface area contributed by atoms with E-state index in [1.54, 1.807) is 25.1 Å². The summed E-state index contributed by atoms with van der Waals surface area (Å²) in [6, 6.07) is 13.1. The Labute approximate surface area is 277 Å². The van der Waals surface area contributed by atoms with Crippen molar-refractivity contribution >= 4 is 23.5 Å². The van der Waals surface area contributed by atoms with Crippen molar-refractivity contribution in [1.82, 2.24) is 0 Å². The minimum absolute atomic E-state index is 0.142. The molecule has 0 radical (unpaired) electrons. The molecule has 0 bridgehead atoms. The zero-order chi connectivity index (χ0) is 36.6. The zero-order valence-electron chi connectivity index (χ0n) is 26.6. The third-order valence-corrected chi connectivity index (χ3v) is 8.64. The molecule has 0 aromatic heterocycles. The Kier molecular flexibility index (Phi) is 9.95. The number of alkyl halides is 6. The maximum absolute atomic E-state index is 14.9. The van der Waals surface area contributed by atoms with Gasteiger partial charge in [0.1, 0.15) is 5.41 Å². The molecule has 2 N–H and O–H groups in total. The van der Waals surface area contributed by atoms with Crippen LogP contribution < -0.4 is 0 Å². The number of aryl methyl sites for hydroxylation is 2. The molecule has 0 heterocycles. The van der Waals surface area contributed by atoms with Gasteiger partial charge >= 0.3 is 24.3 Å². The van der Waals surface area contributed by atoms with Gasteiger partial charge in [0.2, 0.25) is 0 Å². The van der Waals surface area contributed by atoms with Crippen molar-refractivity contribution in [1.29, 1.82) is 0 Å². The smallest absolute Gasteiger partial charge is 0.417 e. The highest BCUT2D eigenvalue weighted by Crippen LogP contribution is 2.47. The number of carboxylic acid groups (broad SMARTS) is 2. The summed E-state index contributed by atoms with van der Waals surface area (Å²) in [4.78, 5) is 49.4. The Balaban J connectivity index is 1.84. The van der Waals surface area contributed by atoms with E-state index in [2.05, 4.69) is 0 Å². The molecule has 0 saturated heterocycles. The predicted octanol–water partition coefficient (Wildman–Crippen LogP) is 9.14. The Bertz CT molecular complexity index is 1990. The molecule has 4 aromatic carbocycles. The molecular formula is C37H30F6O6. The van der Waals surface area contributed by atoms with Crippen LogP contribution in [0.4, 0.5) is 26.3 Å². The first-order valence-corrected chi connectivity index (χ1v) is 14.9. The van der Waals surface area contributed by atoms with Gasteiger partial charge in [-0.25, -0.2) is 9.59 Å². The van der Waals surface area contributed by atoms with Crippen molar-refractivity contribution in [3.8, 4) is 11.1 Å². The van der Waals surface area contributed by atoms with Crippen molar-refractivity contribution in [2.24, 2.45) is 0 Å². The number of hydrogen-bond donors (Lipinski definition) is 2. The summed E-state index contributed by atoms with van der Waals surface area (Å²) in [5.74, 6) is -5.09. The number of halogens is 6. The van der Waals surface area contributed by atoms with Crippen LogP contribution in [0.25, 0.3) is 11.1 Å². The van der Waals surface area contributed by atoms with Crippen LogP contribution in [0.2, 0.25) is 0 Å². The molecule has 6 nitrogen and oxygen atoms in total. The third kappa shape index (κ3) is 7.13. The third-order valence-electron chi connectivity index (χ3n) is 8.64. The van der Waals surface area contributed by atoms with E-state index in [0.29, 0.717) is 17.5 Å². The number of rotatable bonds is 10. The molecule has 0 aliphatic carbocycles. The SMILES string of the molecule is CCc1ccc(-c2ccc(CC(=O)c3cc(C(C)(c4ccc(C(=O)O)c(C(C)=O)c4)C(F)(F)F)ccc3C(=O)O)cc2C(F)(F)F)c(C)c1. The highest BCUT2D eigenvalue weighted by atomic mass is 19.4. The molecule has 49 heavy (non-hydrogen) atoms. The van der Waals surface area contributed by atoms with Gasteiger partial charge in [-0.3, -0.25) is 9.59 Å². The standard InChI is InChI=1S/C37H30F6O6/c1-5-21-6-10-25(19(2)14-21)26-11-7-22(15-31(26)36(38,39)40)16-32(45)30-18-24(9-13-28(30)34(48)49)35(4,37(41,42)43)23-8-12-27(33(46)47)29(17-23)20(3)44/h6-15,17-18H,5,16H2,1-4H3,(H,46,47)(H,48,49). The van der Waals surface area contributed by atoms with Crippen LogP contribution in [-0.2, 0) is 24.4 Å². The number of Topliss-reactive ketones (excluding diaryl/α,β-unsaturated/α-hetero) is 2. The number of benzene rings is 4. The van der Waals surface area contributed by atoms with E-state index in [-0.39, 0.29) is 11.1 Å². The molecule has 4 rings (SSSR count). The molecule has 256 valence electrons. The van der Waals surface area contributed by atoms with Crippen molar-refractivity contribution in [2.75, 3.05) is 0 Å². The maximum Gasteiger partial charge on any atom is 0.417 e. The van der Waals surface area contributed by atoms with Crippen molar-refractivity contribution in [3.05, 3.63) is 128 Å². The van der Waals surface area contributed by atoms with E-state index in [1.165, 1.54) is 12.1 Å². The molecule has 0 saturated carbocycles. The lowest BCUT2D eigenvalue weighted by molar-refractivity contribution is -0.173. The zero-order valence-corrected chi connectivity index (χ0v) is 26.6. The highest BCUT2D eigenvalue weighted by Gasteiger charge is 2.54. The van der Waals surface area contributed by atoms with Crippen LogP contribution in [0.1, 0.15) is 95.6 Å². The fourth-order valence-corrected chi connectivity index (χ4v) is 5.80. The average Bonchev–Trinajstić information content (AvgIpc) is 3.02. The van der Waals surface area contributed by atoms with E-state index in [4.69, 9.17) is 0 Å². The Morgan fingerprint density at radius 3 is 1.63 bits per heavy atom. The molecule has 0 aliphatic rings. The topological polar surface area (TPSA) is 109 Å². The summed E-state index contributed by atoms with van der Waals surface area (Å²) in [5, 5.41) is 19.2. The number of carboxylic acids is 2. The van der Waals surface area contributed by atoms with Crippen LogP contribution in [0, 0.1) is 6.92 Å². The first-order chi connectivity index (χ1) is 22.7. The molecule has 1 atom stereocenters. The van der Waals surface area contributed by atoms with Crippen molar-refractivity contribution in [3.63, 3.8) is 0 Å². The average molecular weight is 685 g/mol. The summed E-state index contributed by atoms with van der Waals surface area (Å²) < 4.78 is 87.6. The van der Waals surface area contributed by atoms with E-state index >= 15 is 0 Å². The quantitative estimate of drug-likeness (QED) is 0.127. The van der Waals surface area contributed by atoms with Gasteiger partial charge in [-0.15, -0.1) is 0 Å². The maximum atomic E-state index is 14.9. The number of ketones is 2. The van der Waals surface area contributed by atoms with Gasteiger partial charge < -0.3 is 10.2 Å². The van der Waals surface area contributed by atoms with Crippen molar-refractivity contribution in [2.45, 2.75) is 58.3 Å². The second-order valence-electron chi connectivity index (χ2n) is 11.8. The van der Waals surface area contributed by atoms with Crippen LogP contribution in [0.3, 0.4) is 0 Å². The molecule has 0 fully saturated rings. The van der Waals surface area contributed by atoms with Crippen LogP contribution in [0.15, 0.2) is 72.8 Å². The Hall–Kier alpha value is -5.26. The minimum atomic E-state index is -5.12. The predicted molar refractivity (Wildman–Crippen MR) is 168 cm³/mol. The number of carbonyl (C=O) groups is 4. The van der Waals surface area contributed by atoms with Gasteiger partial charge in [-0.1, -0.05) is 49.4 Å². The minimum Gasteiger partial charge on any atom is -0.478 e. The molecule has 12 heteroatoms. The number of hydrogen-bond acceptors (Lipinski definition) is 4. The van der Waals surface area contributed by atoms with Gasteiger partial charge in [0, 0.05) is 17.5 Å². The van der Waals surface area contributed by atoms with Gasteiger partial charge in [0.25, 0.3) is 0 Å². The fourth-order valence-electron chi connectivity index (χ4n) is 5.80. The van der Waals surface area contributed by atoms with Gasteiger partial charge in [0.15, 0.2) is 11.6 Å². The van der Waals surface area contributed by atoms with Gasteiger partial charge in [0.05, 0.1) is 16.7 Å². The summed E-state index contributed by atoms with van der Waals surface area (Å²) >= 11 is 0. The Morgan fingerprint density at radius 2 is 1.16 bits per heavy atom. The molecular weight excluding hydrogens is 654 g/mol. The first-order valence-electron chi connectivity index (χ1n) is 14.9. The normalized spacial score (nSPS) is 13.1. The number of aromatic carboxylic acids is 2. The lowest BCUT2D eigenvalue weighted by Crippen LogP contribution is -2.41. The molecule has 0 amide bonds. The second-order valence-corrected chi connectivity index (χ2v) is 11.8.